The Bertz CT molecular complexity index is 1140. The number of halogens is 3. The molecule has 176 valence electrons. The summed E-state index contributed by atoms with van der Waals surface area (Å²) in [5, 5.41) is 14.8. The SMILES string of the molecule is CCCc1c(OCCCC(=O)NCc2cccc(C(=O)O)c2)ccc2c(C(F)(F)F)noc12. The number of carbonyl (C=O) groups is 2. The van der Waals surface area contributed by atoms with Crippen LogP contribution in [0.1, 0.15) is 53.4 Å². The largest absolute Gasteiger partial charge is 0.493 e. The molecule has 1 aromatic heterocycles. The van der Waals surface area contributed by atoms with Crippen molar-refractivity contribution in [3.63, 3.8) is 0 Å². The van der Waals surface area contributed by atoms with Gasteiger partial charge in [0.15, 0.2) is 11.3 Å². The summed E-state index contributed by atoms with van der Waals surface area (Å²) in [5.41, 5.74) is 0.321. The minimum absolute atomic E-state index is 0.0583. The van der Waals surface area contributed by atoms with E-state index >= 15 is 0 Å². The molecule has 0 saturated heterocycles. The van der Waals surface area contributed by atoms with Gasteiger partial charge >= 0.3 is 12.1 Å². The number of carbonyl (C=O) groups excluding carboxylic acids is 1. The summed E-state index contributed by atoms with van der Waals surface area (Å²) in [6.07, 6.45) is -2.93. The van der Waals surface area contributed by atoms with Gasteiger partial charge in [0, 0.05) is 18.5 Å². The molecule has 0 unspecified atom stereocenters. The Labute approximate surface area is 187 Å². The van der Waals surface area contributed by atoms with Gasteiger partial charge in [0.2, 0.25) is 5.91 Å². The van der Waals surface area contributed by atoms with Crippen molar-refractivity contribution in [1.29, 1.82) is 0 Å². The lowest BCUT2D eigenvalue weighted by Crippen LogP contribution is -2.23. The van der Waals surface area contributed by atoms with Crippen molar-refractivity contribution in [3.05, 3.63) is 58.8 Å². The van der Waals surface area contributed by atoms with Crippen LogP contribution in [0, 0.1) is 0 Å². The van der Waals surface area contributed by atoms with Crippen molar-refractivity contribution >= 4 is 22.8 Å². The highest BCUT2D eigenvalue weighted by Crippen LogP contribution is 2.38. The number of aryl methyl sites for hydroxylation is 1. The van der Waals surface area contributed by atoms with Crippen molar-refractivity contribution in [2.75, 3.05) is 6.61 Å². The molecular weight excluding hydrogens is 441 g/mol. The smallest absolute Gasteiger partial charge is 0.437 e. The third-order valence-corrected chi connectivity index (χ3v) is 4.94. The monoisotopic (exact) mass is 464 g/mol. The van der Waals surface area contributed by atoms with Crippen molar-refractivity contribution < 1.29 is 37.1 Å². The number of nitrogens with zero attached hydrogens (tertiary/aromatic N) is 1. The summed E-state index contributed by atoms with van der Waals surface area (Å²) in [4.78, 5) is 23.1. The van der Waals surface area contributed by atoms with E-state index in [1.54, 1.807) is 12.1 Å². The maximum Gasteiger partial charge on any atom is 0.437 e. The molecule has 2 N–H and O–H groups in total. The Kier molecular flexibility index (Phi) is 7.57. The minimum Gasteiger partial charge on any atom is -0.493 e. The van der Waals surface area contributed by atoms with E-state index in [2.05, 4.69) is 10.5 Å². The molecule has 0 atom stereocenters. The number of amides is 1. The van der Waals surface area contributed by atoms with Gasteiger partial charge in [-0.25, -0.2) is 4.79 Å². The molecule has 7 nitrogen and oxygen atoms in total. The fourth-order valence-electron chi connectivity index (χ4n) is 3.39. The van der Waals surface area contributed by atoms with E-state index in [1.807, 2.05) is 6.92 Å². The summed E-state index contributed by atoms with van der Waals surface area (Å²) in [5.74, 6) is -0.866. The Balaban J connectivity index is 1.55. The standard InChI is InChI=1S/C23H23F3N2O5/c1-2-5-16-18(10-9-17-20(16)33-28-21(17)23(24,25)26)32-11-4-8-19(29)27-13-14-6-3-7-15(12-14)22(30)31/h3,6-7,9-10,12H,2,4-5,8,11,13H2,1H3,(H,27,29)(H,30,31). The number of alkyl halides is 3. The van der Waals surface area contributed by atoms with Crippen LogP contribution in [0.25, 0.3) is 11.0 Å². The molecule has 3 rings (SSSR count). The van der Waals surface area contributed by atoms with Crippen LogP contribution in [0.15, 0.2) is 40.9 Å². The molecule has 1 amide bonds. The summed E-state index contributed by atoms with van der Waals surface area (Å²) in [7, 11) is 0. The predicted molar refractivity (Wildman–Crippen MR) is 113 cm³/mol. The van der Waals surface area contributed by atoms with E-state index in [0.29, 0.717) is 36.1 Å². The number of hydrogen-bond acceptors (Lipinski definition) is 5. The molecule has 2 aromatic carbocycles. The summed E-state index contributed by atoms with van der Waals surface area (Å²) >= 11 is 0. The van der Waals surface area contributed by atoms with Crippen LogP contribution >= 0.6 is 0 Å². The van der Waals surface area contributed by atoms with Gasteiger partial charge < -0.3 is 19.7 Å². The third-order valence-electron chi connectivity index (χ3n) is 4.94. The molecule has 0 aliphatic heterocycles. The molecule has 0 aliphatic rings. The second-order valence-electron chi connectivity index (χ2n) is 7.43. The van der Waals surface area contributed by atoms with E-state index in [0.717, 1.165) is 0 Å². The predicted octanol–water partition coefficient (Wildman–Crippen LogP) is 4.97. The Hall–Kier alpha value is -3.56. The van der Waals surface area contributed by atoms with E-state index in [1.165, 1.54) is 24.3 Å². The lowest BCUT2D eigenvalue weighted by Gasteiger charge is -2.12. The zero-order valence-electron chi connectivity index (χ0n) is 17.9. The van der Waals surface area contributed by atoms with Crippen LogP contribution in [0.3, 0.4) is 0 Å². The van der Waals surface area contributed by atoms with Crippen molar-refractivity contribution in [2.24, 2.45) is 0 Å². The Morgan fingerprint density at radius 3 is 2.70 bits per heavy atom. The van der Waals surface area contributed by atoms with Crippen LogP contribution in [0.2, 0.25) is 0 Å². The molecule has 0 bridgehead atoms. The van der Waals surface area contributed by atoms with Crippen LogP contribution < -0.4 is 10.1 Å². The second kappa shape index (κ2) is 10.4. The van der Waals surface area contributed by atoms with Gasteiger partial charge in [-0.2, -0.15) is 13.2 Å². The number of carboxylic acids is 1. The number of aromatic carboxylic acids is 1. The third kappa shape index (κ3) is 6.03. The van der Waals surface area contributed by atoms with Crippen LogP contribution in [0.4, 0.5) is 13.2 Å². The molecule has 33 heavy (non-hydrogen) atoms. The van der Waals surface area contributed by atoms with Crippen molar-refractivity contribution in [3.8, 4) is 5.75 Å². The molecule has 0 fully saturated rings. The zero-order valence-corrected chi connectivity index (χ0v) is 17.9. The molecular formula is C23H23F3N2O5. The molecule has 0 saturated carbocycles. The second-order valence-corrected chi connectivity index (χ2v) is 7.43. The van der Waals surface area contributed by atoms with Crippen LogP contribution in [-0.4, -0.2) is 28.7 Å². The van der Waals surface area contributed by atoms with Gasteiger partial charge in [0.25, 0.3) is 0 Å². The van der Waals surface area contributed by atoms with Gasteiger partial charge in [-0.15, -0.1) is 0 Å². The first kappa shape index (κ1) is 24.1. The number of fused-ring (bicyclic) bond motifs is 1. The number of benzene rings is 2. The fraction of sp³-hybridized carbons (Fsp3) is 0.348. The average Bonchev–Trinajstić information content (AvgIpc) is 3.22. The maximum atomic E-state index is 13.1. The number of carboxylic acid groups (broad SMARTS) is 1. The topological polar surface area (TPSA) is 102 Å². The highest BCUT2D eigenvalue weighted by molar-refractivity contribution is 5.87. The molecule has 1 heterocycles. The van der Waals surface area contributed by atoms with Crippen LogP contribution in [0.5, 0.6) is 5.75 Å². The van der Waals surface area contributed by atoms with Crippen LogP contribution in [-0.2, 0) is 23.9 Å². The number of ether oxygens (including phenoxy) is 1. The van der Waals surface area contributed by atoms with Gasteiger partial charge in [-0.1, -0.05) is 30.6 Å². The van der Waals surface area contributed by atoms with E-state index in [9.17, 15) is 22.8 Å². The molecule has 10 heteroatoms. The van der Waals surface area contributed by atoms with Gasteiger partial charge in [-0.05, 0) is 42.7 Å². The first-order chi connectivity index (χ1) is 15.7. The molecule has 0 radical (unpaired) electrons. The highest BCUT2D eigenvalue weighted by atomic mass is 19.4. The lowest BCUT2D eigenvalue weighted by molar-refractivity contribution is -0.141. The minimum atomic E-state index is -4.61. The Morgan fingerprint density at radius 1 is 1.21 bits per heavy atom. The highest BCUT2D eigenvalue weighted by Gasteiger charge is 2.37. The number of nitrogens with one attached hydrogen (secondary N) is 1. The first-order valence-corrected chi connectivity index (χ1v) is 10.4. The fourth-order valence-corrected chi connectivity index (χ4v) is 3.39. The summed E-state index contributed by atoms with van der Waals surface area (Å²) in [6, 6.07) is 9.03. The van der Waals surface area contributed by atoms with Gasteiger partial charge in [0.1, 0.15) is 5.75 Å². The average molecular weight is 464 g/mol. The number of hydrogen-bond donors (Lipinski definition) is 2. The Morgan fingerprint density at radius 2 is 2.00 bits per heavy atom. The van der Waals surface area contributed by atoms with E-state index < -0.39 is 17.8 Å². The number of aromatic nitrogens is 1. The molecule has 0 spiro atoms. The molecule has 0 aliphatic carbocycles. The summed E-state index contributed by atoms with van der Waals surface area (Å²) < 4.78 is 50.0. The normalized spacial score (nSPS) is 11.5. The van der Waals surface area contributed by atoms with E-state index in [-0.39, 0.29) is 42.0 Å². The maximum absolute atomic E-state index is 13.1. The number of rotatable bonds is 10. The summed E-state index contributed by atoms with van der Waals surface area (Å²) in [6.45, 7) is 2.27. The van der Waals surface area contributed by atoms with Crippen molar-refractivity contribution in [1.82, 2.24) is 10.5 Å². The van der Waals surface area contributed by atoms with Gasteiger partial charge in [0.05, 0.1) is 17.6 Å². The van der Waals surface area contributed by atoms with E-state index in [4.69, 9.17) is 14.4 Å². The van der Waals surface area contributed by atoms with Crippen molar-refractivity contribution in [2.45, 2.75) is 45.3 Å². The lowest BCUT2D eigenvalue weighted by atomic mass is 10.0. The first-order valence-electron chi connectivity index (χ1n) is 10.4. The quantitative estimate of drug-likeness (QED) is 0.411. The zero-order chi connectivity index (χ0) is 24.0. The van der Waals surface area contributed by atoms with Gasteiger partial charge in [-0.3, -0.25) is 4.79 Å². The molecule has 3 aromatic rings.